The monoisotopic (exact) mass is 396 g/mol. The van der Waals surface area contributed by atoms with Gasteiger partial charge >= 0.3 is 5.97 Å². The molecule has 0 bridgehead atoms. The number of carbonyl (C=O) groups excluding carboxylic acids is 1. The Balaban J connectivity index is 4.00. The number of esters is 1. The molecule has 0 rings (SSSR count). The molecule has 28 heavy (non-hydrogen) atoms. The van der Waals surface area contributed by atoms with Crippen molar-refractivity contribution in [3.05, 3.63) is 0 Å². The van der Waals surface area contributed by atoms with Gasteiger partial charge in [0.25, 0.3) is 0 Å². The van der Waals surface area contributed by atoms with Crippen LogP contribution in [-0.4, -0.2) is 12.6 Å². The van der Waals surface area contributed by atoms with Crippen LogP contribution in [0.3, 0.4) is 0 Å². The van der Waals surface area contributed by atoms with Crippen LogP contribution in [-0.2, 0) is 9.53 Å². The summed E-state index contributed by atoms with van der Waals surface area (Å²) in [4.78, 5) is 12.6. The van der Waals surface area contributed by atoms with Gasteiger partial charge < -0.3 is 4.74 Å². The molecule has 0 aromatic heterocycles. The highest BCUT2D eigenvalue weighted by atomic mass is 16.5. The van der Waals surface area contributed by atoms with Crippen molar-refractivity contribution in [2.45, 2.75) is 149 Å². The summed E-state index contributed by atoms with van der Waals surface area (Å²) >= 11 is 0. The standard InChI is InChI=1S/C26H52O2/c1-4-7-10-13-15-16-18-20-23-25(22-19-17-14-11-8-5-2)26(27)28-24-21-12-9-6-3/h25H,4-24H2,1-3H3. The first-order valence-electron chi connectivity index (χ1n) is 12.9. The normalized spacial score (nSPS) is 12.2. The molecule has 0 amide bonds. The molecule has 0 heterocycles. The van der Waals surface area contributed by atoms with Crippen molar-refractivity contribution in [1.82, 2.24) is 0 Å². The van der Waals surface area contributed by atoms with Gasteiger partial charge in [0.05, 0.1) is 12.5 Å². The summed E-state index contributed by atoms with van der Waals surface area (Å²) in [6.07, 6.45) is 25.2. The quantitative estimate of drug-likeness (QED) is 0.135. The van der Waals surface area contributed by atoms with E-state index >= 15 is 0 Å². The van der Waals surface area contributed by atoms with Crippen molar-refractivity contribution >= 4 is 5.97 Å². The Hall–Kier alpha value is -0.530. The van der Waals surface area contributed by atoms with Gasteiger partial charge in [-0.05, 0) is 19.3 Å². The van der Waals surface area contributed by atoms with Gasteiger partial charge in [0, 0.05) is 0 Å². The molecule has 0 N–H and O–H groups in total. The van der Waals surface area contributed by atoms with E-state index in [2.05, 4.69) is 20.8 Å². The van der Waals surface area contributed by atoms with Crippen molar-refractivity contribution in [2.75, 3.05) is 6.61 Å². The molecule has 0 fully saturated rings. The SMILES string of the molecule is CCCCCCCCCCC(CCCCCCCC)C(=O)OCCCCCC. The van der Waals surface area contributed by atoms with Crippen molar-refractivity contribution in [3.63, 3.8) is 0 Å². The van der Waals surface area contributed by atoms with Gasteiger partial charge in [-0.2, -0.15) is 0 Å². The highest BCUT2D eigenvalue weighted by Gasteiger charge is 2.19. The molecule has 0 saturated heterocycles. The maximum Gasteiger partial charge on any atom is 0.308 e. The molecule has 0 aliphatic carbocycles. The zero-order chi connectivity index (χ0) is 20.7. The van der Waals surface area contributed by atoms with Crippen LogP contribution in [0.15, 0.2) is 0 Å². The van der Waals surface area contributed by atoms with Crippen LogP contribution in [0.5, 0.6) is 0 Å². The predicted octanol–water partition coefficient (Wildman–Crippen LogP) is 9.01. The molecule has 0 spiro atoms. The van der Waals surface area contributed by atoms with Crippen LogP contribution in [0, 0.1) is 5.92 Å². The molecule has 1 atom stereocenters. The topological polar surface area (TPSA) is 26.3 Å². The smallest absolute Gasteiger partial charge is 0.308 e. The second-order valence-corrected chi connectivity index (χ2v) is 8.75. The van der Waals surface area contributed by atoms with Crippen LogP contribution >= 0.6 is 0 Å². The number of rotatable bonds is 22. The van der Waals surface area contributed by atoms with Crippen molar-refractivity contribution in [1.29, 1.82) is 0 Å². The fourth-order valence-corrected chi connectivity index (χ4v) is 3.90. The molecule has 0 aromatic carbocycles. The summed E-state index contributed by atoms with van der Waals surface area (Å²) in [5.74, 6) is 0.241. The van der Waals surface area contributed by atoms with Crippen LogP contribution < -0.4 is 0 Å². The average Bonchev–Trinajstić information content (AvgIpc) is 2.70. The molecule has 0 radical (unpaired) electrons. The molecule has 0 aliphatic rings. The Labute approximate surface area is 177 Å². The second-order valence-electron chi connectivity index (χ2n) is 8.75. The van der Waals surface area contributed by atoms with Gasteiger partial charge in [0.15, 0.2) is 0 Å². The molecular formula is C26H52O2. The van der Waals surface area contributed by atoms with Crippen molar-refractivity contribution in [3.8, 4) is 0 Å². The minimum atomic E-state index is 0.0907. The average molecular weight is 397 g/mol. The molecule has 168 valence electrons. The first kappa shape index (κ1) is 27.5. The van der Waals surface area contributed by atoms with E-state index in [9.17, 15) is 4.79 Å². The van der Waals surface area contributed by atoms with Gasteiger partial charge in [-0.25, -0.2) is 0 Å². The van der Waals surface area contributed by atoms with Gasteiger partial charge in [-0.3, -0.25) is 4.79 Å². The highest BCUT2D eigenvalue weighted by molar-refractivity contribution is 5.72. The minimum absolute atomic E-state index is 0.0907. The Kier molecular flexibility index (Phi) is 22.3. The van der Waals surface area contributed by atoms with E-state index in [-0.39, 0.29) is 11.9 Å². The van der Waals surface area contributed by atoms with E-state index in [1.165, 1.54) is 109 Å². The summed E-state index contributed by atoms with van der Waals surface area (Å²) in [6, 6.07) is 0. The fourth-order valence-electron chi connectivity index (χ4n) is 3.90. The fraction of sp³-hybridized carbons (Fsp3) is 0.962. The molecule has 0 saturated carbocycles. The lowest BCUT2D eigenvalue weighted by molar-refractivity contribution is -0.149. The van der Waals surface area contributed by atoms with E-state index in [0.29, 0.717) is 6.61 Å². The Bertz CT molecular complexity index is 314. The van der Waals surface area contributed by atoms with E-state index in [1.54, 1.807) is 0 Å². The summed E-state index contributed by atoms with van der Waals surface area (Å²) in [6.45, 7) is 7.37. The highest BCUT2D eigenvalue weighted by Crippen LogP contribution is 2.21. The largest absolute Gasteiger partial charge is 0.465 e. The maximum atomic E-state index is 12.6. The molecule has 1 unspecified atom stereocenters. The molecule has 0 aliphatic heterocycles. The van der Waals surface area contributed by atoms with E-state index in [1.807, 2.05) is 0 Å². The van der Waals surface area contributed by atoms with Crippen LogP contribution in [0.4, 0.5) is 0 Å². The van der Waals surface area contributed by atoms with Crippen molar-refractivity contribution in [2.24, 2.45) is 5.92 Å². The zero-order valence-electron chi connectivity index (χ0n) is 19.7. The van der Waals surface area contributed by atoms with E-state index in [4.69, 9.17) is 4.74 Å². The third kappa shape index (κ3) is 18.8. The summed E-state index contributed by atoms with van der Waals surface area (Å²) in [5, 5.41) is 0. The zero-order valence-corrected chi connectivity index (χ0v) is 19.7. The summed E-state index contributed by atoms with van der Waals surface area (Å²) < 4.78 is 5.63. The first-order chi connectivity index (χ1) is 13.8. The summed E-state index contributed by atoms with van der Waals surface area (Å²) in [7, 11) is 0. The molecule has 2 nitrogen and oxygen atoms in total. The van der Waals surface area contributed by atoms with Crippen molar-refractivity contribution < 1.29 is 9.53 Å². The number of ether oxygens (including phenoxy) is 1. The third-order valence-electron chi connectivity index (χ3n) is 5.89. The second kappa shape index (κ2) is 22.8. The lowest BCUT2D eigenvalue weighted by Crippen LogP contribution is -2.18. The summed E-state index contributed by atoms with van der Waals surface area (Å²) in [5.41, 5.74) is 0. The molecule has 2 heteroatoms. The van der Waals surface area contributed by atoms with Gasteiger partial charge in [-0.15, -0.1) is 0 Å². The van der Waals surface area contributed by atoms with E-state index in [0.717, 1.165) is 19.3 Å². The minimum Gasteiger partial charge on any atom is -0.465 e. The number of hydrogen-bond acceptors (Lipinski definition) is 2. The first-order valence-corrected chi connectivity index (χ1v) is 12.9. The molecular weight excluding hydrogens is 344 g/mol. The van der Waals surface area contributed by atoms with Crippen LogP contribution in [0.2, 0.25) is 0 Å². The lowest BCUT2D eigenvalue weighted by Gasteiger charge is -2.16. The Morgan fingerprint density at radius 1 is 0.536 bits per heavy atom. The van der Waals surface area contributed by atoms with Crippen LogP contribution in [0.25, 0.3) is 0 Å². The Morgan fingerprint density at radius 3 is 1.32 bits per heavy atom. The number of carbonyl (C=O) groups is 1. The molecule has 0 aromatic rings. The van der Waals surface area contributed by atoms with Gasteiger partial charge in [0.2, 0.25) is 0 Å². The third-order valence-corrected chi connectivity index (χ3v) is 5.89. The van der Waals surface area contributed by atoms with E-state index < -0.39 is 0 Å². The predicted molar refractivity (Wildman–Crippen MR) is 124 cm³/mol. The van der Waals surface area contributed by atoms with Crippen LogP contribution in [0.1, 0.15) is 149 Å². The maximum absolute atomic E-state index is 12.6. The van der Waals surface area contributed by atoms with Gasteiger partial charge in [-0.1, -0.05) is 130 Å². The number of hydrogen-bond donors (Lipinski definition) is 0. The van der Waals surface area contributed by atoms with Gasteiger partial charge in [0.1, 0.15) is 0 Å². The Morgan fingerprint density at radius 2 is 0.893 bits per heavy atom. The number of unbranched alkanes of at least 4 members (excludes halogenated alkanes) is 15. The lowest BCUT2D eigenvalue weighted by atomic mass is 9.94.